The molecule has 0 unspecified atom stereocenters. The van der Waals surface area contributed by atoms with Crippen LogP contribution in [-0.4, -0.2) is 33.7 Å². The number of hydrogen-bond acceptors (Lipinski definition) is 5. The molecule has 1 N–H and O–H groups in total. The Hall–Kier alpha value is -5.45. The van der Waals surface area contributed by atoms with Gasteiger partial charge in [0.25, 0.3) is 0 Å². The van der Waals surface area contributed by atoms with Crippen molar-refractivity contribution in [2.45, 2.75) is 0 Å². The molecule has 0 saturated heterocycles. The maximum absolute atomic E-state index is 10.6. The third kappa shape index (κ3) is 5.41. The Morgan fingerprint density at radius 2 is 1.40 bits per heavy atom. The summed E-state index contributed by atoms with van der Waals surface area (Å²) < 4.78 is 8.47. The number of pyridine rings is 2. The van der Waals surface area contributed by atoms with Crippen LogP contribution in [-0.2, 0) is 21.1 Å². The van der Waals surface area contributed by atoms with Gasteiger partial charge in [-0.3, -0.25) is 0 Å². The van der Waals surface area contributed by atoms with Crippen molar-refractivity contribution in [3.8, 4) is 45.5 Å². The van der Waals surface area contributed by atoms with Crippen molar-refractivity contribution in [1.29, 1.82) is 0 Å². The van der Waals surface area contributed by atoms with Crippen LogP contribution in [0.15, 0.2) is 134 Å². The first kappa shape index (κ1) is 30.2. The van der Waals surface area contributed by atoms with E-state index in [1.165, 1.54) is 0 Å². The maximum Gasteiger partial charge on any atom is 0.217 e. The van der Waals surface area contributed by atoms with Gasteiger partial charge in [0, 0.05) is 80.9 Å². The van der Waals surface area contributed by atoms with Crippen molar-refractivity contribution in [1.82, 2.24) is 14.5 Å². The molecule has 5 aromatic carbocycles. The Labute approximate surface area is 286 Å². The molecular formula is C40H29N4O2Pt-. The van der Waals surface area contributed by atoms with Gasteiger partial charge in [0.2, 0.25) is 5.88 Å². The number of phenolic OH excluding ortho intramolecular Hbond substituents is 1. The molecule has 0 aliphatic heterocycles. The van der Waals surface area contributed by atoms with Crippen LogP contribution < -0.4 is 9.64 Å². The van der Waals surface area contributed by atoms with Gasteiger partial charge >= 0.3 is 0 Å². The summed E-state index contributed by atoms with van der Waals surface area (Å²) >= 11 is 0. The van der Waals surface area contributed by atoms with E-state index in [0.29, 0.717) is 17.1 Å². The van der Waals surface area contributed by atoms with E-state index in [4.69, 9.17) is 9.72 Å². The van der Waals surface area contributed by atoms with Crippen LogP contribution in [0, 0.1) is 6.07 Å². The molecule has 6 nitrogen and oxygen atoms in total. The number of aromatic nitrogens is 3. The maximum atomic E-state index is 10.6. The predicted octanol–water partition coefficient (Wildman–Crippen LogP) is 9.42. The number of nitrogens with zero attached hydrogens (tertiary/aromatic N) is 4. The molecule has 0 atom stereocenters. The van der Waals surface area contributed by atoms with E-state index in [-0.39, 0.29) is 26.8 Å². The molecule has 0 bridgehead atoms. The number of hydrogen-bond donors (Lipinski definition) is 1. The number of anilines is 1. The zero-order chi connectivity index (χ0) is 31.2. The number of rotatable bonds is 6. The Balaban J connectivity index is 0.00000351. The van der Waals surface area contributed by atoms with Crippen LogP contribution in [0.5, 0.6) is 17.4 Å². The van der Waals surface area contributed by atoms with Crippen LogP contribution in [0.4, 0.5) is 5.69 Å². The molecule has 8 rings (SSSR count). The van der Waals surface area contributed by atoms with Crippen molar-refractivity contribution >= 4 is 38.4 Å². The normalized spacial score (nSPS) is 11.1. The van der Waals surface area contributed by atoms with Crippen molar-refractivity contribution < 1.29 is 30.9 Å². The number of para-hydroxylation sites is 1. The molecular weight excluding hydrogens is 764 g/mol. The smallest absolute Gasteiger partial charge is 0.217 e. The van der Waals surface area contributed by atoms with Gasteiger partial charge in [0.15, 0.2) is 0 Å². The summed E-state index contributed by atoms with van der Waals surface area (Å²) in [7, 11) is 3.93. The SMILES string of the molecule is CN(C)c1ccc(O)c2nc(Oc3[c-]c4c(cc3)c3ccccc3n4-c3ncc(-c4ccccc4)cc3-c3ccccc3)ccc12.[Pt]. The third-order valence-electron chi connectivity index (χ3n) is 8.31. The molecule has 0 saturated carbocycles. The van der Waals surface area contributed by atoms with Crippen molar-refractivity contribution in [3.05, 3.63) is 140 Å². The first-order valence-electron chi connectivity index (χ1n) is 15.1. The molecule has 232 valence electrons. The van der Waals surface area contributed by atoms with Gasteiger partial charge in [0.1, 0.15) is 17.1 Å². The molecule has 0 fully saturated rings. The van der Waals surface area contributed by atoms with Gasteiger partial charge in [-0.05, 0) is 46.8 Å². The summed E-state index contributed by atoms with van der Waals surface area (Å²) in [6.45, 7) is 0. The standard InChI is InChI=1S/C40H29N4O2.Pt/c1-43(2)34-20-21-37(45)39-32(34)19-22-38(42-39)46-29-17-18-31-30-15-9-10-16-35(30)44(36(31)24-29)40-33(27-13-7-4-8-14-27)23-28(25-41-40)26-11-5-3-6-12-26;/h3-23,25,45H,1-2H3;/q-1;. The molecule has 0 aliphatic carbocycles. The minimum absolute atomic E-state index is 0. The van der Waals surface area contributed by atoms with Crippen molar-refractivity contribution in [3.63, 3.8) is 0 Å². The van der Waals surface area contributed by atoms with Gasteiger partial charge in [-0.1, -0.05) is 84.4 Å². The second kappa shape index (κ2) is 12.4. The average molecular weight is 793 g/mol. The number of fused-ring (bicyclic) bond motifs is 4. The number of aromatic hydroxyl groups is 1. The van der Waals surface area contributed by atoms with Gasteiger partial charge in [-0.2, -0.15) is 6.07 Å². The van der Waals surface area contributed by atoms with Crippen LogP contribution in [0.25, 0.3) is 60.8 Å². The van der Waals surface area contributed by atoms with E-state index in [2.05, 4.69) is 64.1 Å². The van der Waals surface area contributed by atoms with Crippen LogP contribution >= 0.6 is 0 Å². The second-order valence-corrected chi connectivity index (χ2v) is 11.4. The fourth-order valence-electron chi connectivity index (χ4n) is 6.14. The van der Waals surface area contributed by atoms with E-state index in [0.717, 1.165) is 61.0 Å². The van der Waals surface area contributed by atoms with Crippen molar-refractivity contribution in [2.24, 2.45) is 0 Å². The molecule has 0 radical (unpaired) electrons. The van der Waals surface area contributed by atoms with Crippen LogP contribution in [0.1, 0.15) is 0 Å². The molecule has 3 heterocycles. The van der Waals surface area contributed by atoms with Gasteiger partial charge in [-0.25, -0.2) is 9.97 Å². The number of ether oxygens (including phenoxy) is 1. The van der Waals surface area contributed by atoms with Gasteiger partial charge in [0.05, 0.1) is 0 Å². The summed E-state index contributed by atoms with van der Waals surface area (Å²) in [5, 5.41) is 13.6. The summed E-state index contributed by atoms with van der Waals surface area (Å²) in [6.07, 6.45) is 1.94. The third-order valence-corrected chi connectivity index (χ3v) is 8.31. The molecule has 0 spiro atoms. The van der Waals surface area contributed by atoms with Crippen LogP contribution in [0.2, 0.25) is 0 Å². The van der Waals surface area contributed by atoms with Gasteiger partial charge < -0.3 is 19.3 Å². The minimum atomic E-state index is 0. The first-order valence-corrected chi connectivity index (χ1v) is 15.1. The monoisotopic (exact) mass is 792 g/mol. The first-order chi connectivity index (χ1) is 22.5. The van der Waals surface area contributed by atoms with E-state index in [9.17, 15) is 5.11 Å². The minimum Gasteiger partial charge on any atom is -0.506 e. The zero-order valence-corrected chi connectivity index (χ0v) is 27.9. The fraction of sp³-hybridized carbons (Fsp3) is 0.0500. The summed E-state index contributed by atoms with van der Waals surface area (Å²) in [5.74, 6) is 1.78. The second-order valence-electron chi connectivity index (χ2n) is 11.4. The summed E-state index contributed by atoms with van der Waals surface area (Å²) in [5.41, 5.74) is 7.53. The van der Waals surface area contributed by atoms with E-state index < -0.39 is 0 Å². The average Bonchev–Trinajstić information content (AvgIpc) is 3.42. The fourth-order valence-corrected chi connectivity index (χ4v) is 6.14. The number of benzene rings is 5. The Morgan fingerprint density at radius 1 is 0.702 bits per heavy atom. The largest absolute Gasteiger partial charge is 0.506 e. The van der Waals surface area contributed by atoms with E-state index in [1.54, 1.807) is 6.07 Å². The molecule has 47 heavy (non-hydrogen) atoms. The summed E-state index contributed by atoms with van der Waals surface area (Å²) in [4.78, 5) is 11.8. The Bertz CT molecular complexity index is 2390. The molecule has 7 heteroatoms. The van der Waals surface area contributed by atoms with Gasteiger partial charge in [-0.15, -0.1) is 17.5 Å². The molecule has 8 aromatic rings. The van der Waals surface area contributed by atoms with Crippen molar-refractivity contribution in [2.75, 3.05) is 19.0 Å². The Morgan fingerprint density at radius 3 is 2.17 bits per heavy atom. The summed E-state index contributed by atoms with van der Waals surface area (Å²) in [6, 6.07) is 46.0. The quantitative estimate of drug-likeness (QED) is 0.170. The van der Waals surface area contributed by atoms with E-state index >= 15 is 0 Å². The topological polar surface area (TPSA) is 63.4 Å². The molecule has 3 aromatic heterocycles. The van der Waals surface area contributed by atoms with Crippen LogP contribution in [0.3, 0.4) is 0 Å². The Kier molecular flexibility index (Phi) is 7.96. The molecule has 0 amide bonds. The molecule has 0 aliphatic rings. The zero-order valence-electron chi connectivity index (χ0n) is 25.7. The number of phenols is 1. The predicted molar refractivity (Wildman–Crippen MR) is 186 cm³/mol. The van der Waals surface area contributed by atoms with E-state index in [1.807, 2.05) is 98.0 Å².